The topological polar surface area (TPSA) is 67.6 Å². The van der Waals surface area contributed by atoms with Crippen molar-refractivity contribution in [1.29, 1.82) is 0 Å². The quantitative estimate of drug-likeness (QED) is 0.821. The van der Waals surface area contributed by atoms with Gasteiger partial charge in [0, 0.05) is 13.7 Å². The summed E-state index contributed by atoms with van der Waals surface area (Å²) >= 11 is 0. The maximum Gasteiger partial charge on any atom is 0.238 e. The first-order valence-electron chi connectivity index (χ1n) is 7.00. The number of nitrogens with two attached hydrogens (primary N) is 1. The molecule has 1 atom stereocenters. The summed E-state index contributed by atoms with van der Waals surface area (Å²) in [6.45, 7) is 4.07. The van der Waals surface area contributed by atoms with Gasteiger partial charge in [-0.1, -0.05) is 12.1 Å². The molecule has 0 aromatic heterocycles. The van der Waals surface area contributed by atoms with Crippen molar-refractivity contribution >= 4 is 17.3 Å². The van der Waals surface area contributed by atoms with Crippen LogP contribution in [0.3, 0.4) is 0 Å². The van der Waals surface area contributed by atoms with Gasteiger partial charge in [-0.05, 0) is 37.9 Å². The largest absolute Gasteiger partial charge is 0.397 e. The van der Waals surface area contributed by atoms with Crippen molar-refractivity contribution in [2.45, 2.75) is 25.9 Å². The van der Waals surface area contributed by atoms with E-state index in [1.165, 1.54) is 0 Å². The minimum absolute atomic E-state index is 0.0252. The number of benzene rings is 1. The smallest absolute Gasteiger partial charge is 0.238 e. The van der Waals surface area contributed by atoms with E-state index in [1.54, 1.807) is 13.2 Å². The molecule has 0 radical (unpaired) electrons. The monoisotopic (exact) mass is 277 g/mol. The molecule has 2 rings (SSSR count). The van der Waals surface area contributed by atoms with Crippen molar-refractivity contribution < 1.29 is 9.53 Å². The molecule has 0 aliphatic carbocycles. The SMILES string of the molecule is COC1CCCN(CC(=O)Nc2c(C)cccc2N)C1. The van der Waals surface area contributed by atoms with Gasteiger partial charge in [0.2, 0.25) is 5.91 Å². The van der Waals surface area contributed by atoms with Crippen molar-refractivity contribution in [2.24, 2.45) is 0 Å². The molecule has 0 saturated carbocycles. The first-order valence-corrected chi connectivity index (χ1v) is 7.00. The van der Waals surface area contributed by atoms with Crippen LogP contribution in [0, 0.1) is 6.92 Å². The zero-order valence-electron chi connectivity index (χ0n) is 12.2. The lowest BCUT2D eigenvalue weighted by molar-refractivity contribution is -0.118. The summed E-state index contributed by atoms with van der Waals surface area (Å²) in [5.41, 5.74) is 8.20. The summed E-state index contributed by atoms with van der Waals surface area (Å²) in [5, 5.41) is 2.91. The first-order chi connectivity index (χ1) is 9.60. The van der Waals surface area contributed by atoms with Crippen LogP contribution in [0.4, 0.5) is 11.4 Å². The normalized spacial score (nSPS) is 19.8. The number of ether oxygens (including phenoxy) is 1. The average molecular weight is 277 g/mol. The third-order valence-electron chi connectivity index (χ3n) is 3.73. The number of rotatable bonds is 4. The maximum absolute atomic E-state index is 12.1. The number of nitrogens with one attached hydrogen (secondary N) is 1. The number of hydrogen-bond acceptors (Lipinski definition) is 4. The Hall–Kier alpha value is -1.59. The molecule has 1 aromatic rings. The third kappa shape index (κ3) is 3.71. The fraction of sp³-hybridized carbons (Fsp3) is 0.533. The summed E-state index contributed by atoms with van der Waals surface area (Å²) in [5.74, 6) is -0.0252. The number of aryl methyl sites for hydroxylation is 1. The predicted molar refractivity (Wildman–Crippen MR) is 80.7 cm³/mol. The number of para-hydroxylation sites is 1. The Morgan fingerprint density at radius 1 is 1.55 bits per heavy atom. The number of carbonyl (C=O) groups is 1. The van der Waals surface area contributed by atoms with Gasteiger partial charge in [-0.15, -0.1) is 0 Å². The van der Waals surface area contributed by atoms with Crippen LogP contribution >= 0.6 is 0 Å². The lowest BCUT2D eigenvalue weighted by atomic mass is 10.1. The minimum atomic E-state index is -0.0252. The highest BCUT2D eigenvalue weighted by molar-refractivity contribution is 5.96. The Bertz CT molecular complexity index is 456. The van der Waals surface area contributed by atoms with E-state index in [2.05, 4.69) is 10.2 Å². The van der Waals surface area contributed by atoms with Crippen LogP contribution in [-0.4, -0.2) is 43.7 Å². The van der Waals surface area contributed by atoms with E-state index in [0.717, 1.165) is 37.2 Å². The molecule has 1 saturated heterocycles. The predicted octanol–water partition coefficient (Wildman–Crippen LogP) is 1.63. The molecule has 1 aromatic carbocycles. The standard InChI is InChI=1S/C15H23N3O2/c1-11-5-3-7-13(16)15(11)17-14(19)10-18-8-4-6-12(9-18)20-2/h3,5,7,12H,4,6,8-10,16H2,1-2H3,(H,17,19). The molecule has 5 nitrogen and oxygen atoms in total. The van der Waals surface area contributed by atoms with E-state index in [9.17, 15) is 4.79 Å². The average Bonchev–Trinajstić information content (AvgIpc) is 2.43. The van der Waals surface area contributed by atoms with Gasteiger partial charge in [-0.3, -0.25) is 9.69 Å². The van der Waals surface area contributed by atoms with Crippen LogP contribution in [0.5, 0.6) is 0 Å². The van der Waals surface area contributed by atoms with Gasteiger partial charge in [-0.2, -0.15) is 0 Å². The summed E-state index contributed by atoms with van der Waals surface area (Å²) in [6.07, 6.45) is 2.37. The van der Waals surface area contributed by atoms with E-state index in [-0.39, 0.29) is 12.0 Å². The van der Waals surface area contributed by atoms with Gasteiger partial charge in [0.25, 0.3) is 0 Å². The van der Waals surface area contributed by atoms with Gasteiger partial charge in [0.05, 0.1) is 24.0 Å². The molecule has 0 spiro atoms. The fourth-order valence-corrected chi connectivity index (χ4v) is 2.59. The van der Waals surface area contributed by atoms with Crippen LogP contribution in [0.15, 0.2) is 18.2 Å². The van der Waals surface area contributed by atoms with E-state index in [4.69, 9.17) is 10.5 Å². The number of anilines is 2. The molecular formula is C15H23N3O2. The molecule has 1 aliphatic rings. The number of likely N-dealkylation sites (tertiary alicyclic amines) is 1. The van der Waals surface area contributed by atoms with E-state index < -0.39 is 0 Å². The lowest BCUT2D eigenvalue weighted by Gasteiger charge is -2.31. The zero-order valence-corrected chi connectivity index (χ0v) is 12.2. The second-order valence-corrected chi connectivity index (χ2v) is 5.32. The molecule has 110 valence electrons. The Morgan fingerprint density at radius 3 is 3.05 bits per heavy atom. The molecule has 1 aliphatic heterocycles. The minimum Gasteiger partial charge on any atom is -0.397 e. The maximum atomic E-state index is 12.1. The first kappa shape index (κ1) is 14.8. The number of nitrogen functional groups attached to an aromatic ring is 1. The highest BCUT2D eigenvalue weighted by Gasteiger charge is 2.21. The van der Waals surface area contributed by atoms with E-state index in [0.29, 0.717) is 12.2 Å². The summed E-state index contributed by atoms with van der Waals surface area (Å²) in [7, 11) is 1.72. The van der Waals surface area contributed by atoms with Crippen LogP contribution in [0.25, 0.3) is 0 Å². The number of amides is 1. The lowest BCUT2D eigenvalue weighted by Crippen LogP contribution is -2.43. The van der Waals surface area contributed by atoms with Gasteiger partial charge >= 0.3 is 0 Å². The van der Waals surface area contributed by atoms with Crippen LogP contribution < -0.4 is 11.1 Å². The summed E-state index contributed by atoms with van der Waals surface area (Å²) in [4.78, 5) is 14.3. The Labute approximate surface area is 120 Å². The highest BCUT2D eigenvalue weighted by Crippen LogP contribution is 2.22. The molecule has 20 heavy (non-hydrogen) atoms. The molecular weight excluding hydrogens is 254 g/mol. The second-order valence-electron chi connectivity index (χ2n) is 5.32. The Balaban J connectivity index is 1.92. The number of nitrogens with zero attached hydrogens (tertiary/aromatic N) is 1. The molecule has 3 N–H and O–H groups in total. The number of methoxy groups -OCH3 is 1. The van der Waals surface area contributed by atoms with Crippen molar-refractivity contribution in [3.05, 3.63) is 23.8 Å². The van der Waals surface area contributed by atoms with Crippen LogP contribution in [0.2, 0.25) is 0 Å². The fourth-order valence-electron chi connectivity index (χ4n) is 2.59. The number of piperidine rings is 1. The van der Waals surface area contributed by atoms with Crippen molar-refractivity contribution in [1.82, 2.24) is 4.90 Å². The summed E-state index contributed by atoms with van der Waals surface area (Å²) in [6, 6.07) is 5.62. The Kier molecular flexibility index (Phi) is 4.98. The van der Waals surface area contributed by atoms with Gasteiger partial charge in [-0.25, -0.2) is 0 Å². The molecule has 1 fully saturated rings. The van der Waals surface area contributed by atoms with Crippen molar-refractivity contribution in [3.8, 4) is 0 Å². The van der Waals surface area contributed by atoms with Crippen molar-refractivity contribution in [2.75, 3.05) is 37.8 Å². The molecule has 1 unspecified atom stereocenters. The van der Waals surface area contributed by atoms with Crippen molar-refractivity contribution in [3.63, 3.8) is 0 Å². The molecule has 1 heterocycles. The summed E-state index contributed by atoms with van der Waals surface area (Å²) < 4.78 is 5.37. The van der Waals surface area contributed by atoms with Gasteiger partial charge in [0.15, 0.2) is 0 Å². The highest BCUT2D eigenvalue weighted by atomic mass is 16.5. The second kappa shape index (κ2) is 6.72. The number of carbonyl (C=O) groups excluding carboxylic acids is 1. The molecule has 0 bridgehead atoms. The van der Waals surface area contributed by atoms with Gasteiger partial charge < -0.3 is 15.8 Å². The molecule has 5 heteroatoms. The van der Waals surface area contributed by atoms with E-state index in [1.807, 2.05) is 19.1 Å². The van der Waals surface area contributed by atoms with Gasteiger partial charge in [0.1, 0.15) is 0 Å². The van der Waals surface area contributed by atoms with Crippen LogP contribution in [-0.2, 0) is 9.53 Å². The number of hydrogen-bond donors (Lipinski definition) is 2. The third-order valence-corrected chi connectivity index (χ3v) is 3.73. The molecule has 1 amide bonds. The van der Waals surface area contributed by atoms with Crippen LogP contribution in [0.1, 0.15) is 18.4 Å². The Morgan fingerprint density at radius 2 is 2.35 bits per heavy atom. The van der Waals surface area contributed by atoms with E-state index >= 15 is 0 Å². The zero-order chi connectivity index (χ0) is 14.5.